The quantitative estimate of drug-likeness (QED) is 0.813. The van der Waals surface area contributed by atoms with Crippen LogP contribution in [0, 0.1) is 6.92 Å². The van der Waals surface area contributed by atoms with Crippen LogP contribution < -0.4 is 5.32 Å². The summed E-state index contributed by atoms with van der Waals surface area (Å²) in [4.78, 5) is 0. The highest BCUT2D eigenvalue weighted by Crippen LogP contribution is 2.20. The van der Waals surface area contributed by atoms with Crippen LogP contribution in [-0.4, -0.2) is 26.8 Å². The van der Waals surface area contributed by atoms with Crippen LogP contribution in [0.15, 0.2) is 28.2 Å². The summed E-state index contributed by atoms with van der Waals surface area (Å²) in [6.07, 6.45) is 2.20. The number of rotatable bonds is 6. The van der Waals surface area contributed by atoms with Gasteiger partial charge in [-0.15, -0.1) is 0 Å². The van der Waals surface area contributed by atoms with E-state index in [0.717, 1.165) is 24.2 Å². The van der Waals surface area contributed by atoms with Crippen molar-refractivity contribution in [2.75, 3.05) is 26.8 Å². The maximum absolute atomic E-state index is 4.98. The fraction of sp³-hybridized carbons (Fsp3) is 0.429. The summed E-state index contributed by atoms with van der Waals surface area (Å²) in [5, 5.41) is 3.33. The molecule has 1 aromatic rings. The van der Waals surface area contributed by atoms with Crippen molar-refractivity contribution in [3.63, 3.8) is 0 Å². The predicted octanol–water partition coefficient (Wildman–Crippen LogP) is 3.40. The zero-order valence-corrected chi connectivity index (χ0v) is 12.3. The van der Waals surface area contributed by atoms with Crippen molar-refractivity contribution in [2.45, 2.75) is 13.8 Å². The van der Waals surface area contributed by atoms with E-state index >= 15 is 0 Å². The molecule has 0 bridgehead atoms. The van der Waals surface area contributed by atoms with Gasteiger partial charge in [-0.05, 0) is 31.0 Å². The second-order valence-corrected chi connectivity index (χ2v) is 5.04. The number of aryl methyl sites for hydroxylation is 1. The Balaban J connectivity index is 2.55. The summed E-state index contributed by atoms with van der Waals surface area (Å²) < 4.78 is 6.13. The minimum atomic E-state index is 0.751. The van der Waals surface area contributed by atoms with Gasteiger partial charge in [-0.3, -0.25) is 0 Å². The lowest BCUT2D eigenvalue weighted by molar-refractivity contribution is 0.200. The molecule has 2 nitrogen and oxygen atoms in total. The Morgan fingerprint density at radius 2 is 2.24 bits per heavy atom. The summed E-state index contributed by atoms with van der Waals surface area (Å²) >= 11 is 3.58. The molecule has 1 N–H and O–H groups in total. The molecule has 17 heavy (non-hydrogen) atoms. The average molecular weight is 298 g/mol. The minimum Gasteiger partial charge on any atom is -0.383 e. The van der Waals surface area contributed by atoms with Crippen molar-refractivity contribution in [3.05, 3.63) is 39.4 Å². The number of hydrogen-bond acceptors (Lipinski definition) is 2. The molecule has 0 saturated carbocycles. The van der Waals surface area contributed by atoms with Crippen molar-refractivity contribution in [1.82, 2.24) is 5.32 Å². The van der Waals surface area contributed by atoms with Crippen molar-refractivity contribution >= 4 is 22.0 Å². The van der Waals surface area contributed by atoms with E-state index in [1.807, 2.05) is 0 Å². The topological polar surface area (TPSA) is 21.3 Å². The molecule has 0 aliphatic rings. The van der Waals surface area contributed by atoms with Crippen LogP contribution in [0.4, 0.5) is 0 Å². The number of nitrogens with one attached hydrogen (secondary N) is 1. The lowest BCUT2D eigenvalue weighted by Gasteiger charge is -2.06. The molecule has 94 valence electrons. The Morgan fingerprint density at radius 3 is 2.88 bits per heavy atom. The van der Waals surface area contributed by atoms with Gasteiger partial charge in [0.25, 0.3) is 0 Å². The molecular formula is C14H20BrNO. The van der Waals surface area contributed by atoms with Crippen LogP contribution in [-0.2, 0) is 4.74 Å². The van der Waals surface area contributed by atoms with Crippen molar-refractivity contribution in [1.29, 1.82) is 0 Å². The van der Waals surface area contributed by atoms with Gasteiger partial charge in [-0.2, -0.15) is 0 Å². The van der Waals surface area contributed by atoms with Crippen LogP contribution >= 0.6 is 15.9 Å². The van der Waals surface area contributed by atoms with Gasteiger partial charge in [0.1, 0.15) is 0 Å². The van der Waals surface area contributed by atoms with E-state index in [1.165, 1.54) is 16.7 Å². The third-order valence-electron chi connectivity index (χ3n) is 2.44. The molecular weight excluding hydrogens is 278 g/mol. The SMILES string of the molecule is COCCNC/C(C)=C/c1ccc(C)cc1Br. The lowest BCUT2D eigenvalue weighted by atomic mass is 10.1. The molecule has 0 atom stereocenters. The highest BCUT2D eigenvalue weighted by Gasteiger charge is 1.98. The van der Waals surface area contributed by atoms with Crippen LogP contribution in [0.5, 0.6) is 0 Å². The van der Waals surface area contributed by atoms with E-state index < -0.39 is 0 Å². The number of ether oxygens (including phenoxy) is 1. The smallest absolute Gasteiger partial charge is 0.0587 e. The zero-order valence-electron chi connectivity index (χ0n) is 10.7. The number of methoxy groups -OCH3 is 1. The van der Waals surface area contributed by atoms with Gasteiger partial charge in [0.05, 0.1) is 6.61 Å². The fourth-order valence-corrected chi connectivity index (χ4v) is 2.13. The first-order chi connectivity index (χ1) is 8.13. The Labute approximate surface area is 112 Å². The Bertz CT molecular complexity index is 388. The molecule has 0 spiro atoms. The molecule has 1 rings (SSSR count). The summed E-state index contributed by atoms with van der Waals surface area (Å²) in [6.45, 7) is 6.76. The molecule has 0 fully saturated rings. The van der Waals surface area contributed by atoms with Gasteiger partial charge in [0.15, 0.2) is 0 Å². The monoisotopic (exact) mass is 297 g/mol. The molecule has 0 aliphatic carbocycles. The van der Waals surface area contributed by atoms with E-state index in [4.69, 9.17) is 4.74 Å². The van der Waals surface area contributed by atoms with Crippen molar-refractivity contribution in [2.24, 2.45) is 0 Å². The largest absolute Gasteiger partial charge is 0.383 e. The zero-order chi connectivity index (χ0) is 12.7. The summed E-state index contributed by atoms with van der Waals surface area (Å²) in [7, 11) is 1.72. The van der Waals surface area contributed by atoms with Gasteiger partial charge in [0.2, 0.25) is 0 Å². The van der Waals surface area contributed by atoms with Crippen LogP contribution in [0.3, 0.4) is 0 Å². The summed E-state index contributed by atoms with van der Waals surface area (Å²) in [5.74, 6) is 0. The average Bonchev–Trinajstić information content (AvgIpc) is 2.28. The van der Waals surface area contributed by atoms with Crippen LogP contribution in [0.25, 0.3) is 6.08 Å². The Hall–Kier alpha value is -0.640. The third-order valence-corrected chi connectivity index (χ3v) is 3.13. The molecule has 0 unspecified atom stereocenters. The van der Waals surface area contributed by atoms with E-state index in [0.29, 0.717) is 0 Å². The molecule has 1 aromatic carbocycles. The molecule has 3 heteroatoms. The molecule has 0 radical (unpaired) electrons. The lowest BCUT2D eigenvalue weighted by Crippen LogP contribution is -2.20. The van der Waals surface area contributed by atoms with E-state index in [2.05, 4.69) is 59.4 Å². The van der Waals surface area contributed by atoms with E-state index in [-0.39, 0.29) is 0 Å². The van der Waals surface area contributed by atoms with E-state index in [9.17, 15) is 0 Å². The molecule has 0 saturated heterocycles. The molecule has 0 amide bonds. The first-order valence-corrected chi connectivity index (χ1v) is 6.55. The highest BCUT2D eigenvalue weighted by atomic mass is 79.9. The fourth-order valence-electron chi connectivity index (χ4n) is 1.53. The minimum absolute atomic E-state index is 0.751. The maximum Gasteiger partial charge on any atom is 0.0587 e. The van der Waals surface area contributed by atoms with Gasteiger partial charge in [0, 0.05) is 24.7 Å². The first kappa shape index (κ1) is 14.4. The van der Waals surface area contributed by atoms with Gasteiger partial charge in [-0.1, -0.05) is 39.7 Å². The van der Waals surface area contributed by atoms with Gasteiger partial charge >= 0.3 is 0 Å². The second kappa shape index (κ2) is 7.64. The van der Waals surface area contributed by atoms with Gasteiger partial charge < -0.3 is 10.1 Å². The maximum atomic E-state index is 4.98. The first-order valence-electron chi connectivity index (χ1n) is 5.76. The standard InChI is InChI=1S/C14H20BrNO/c1-11-4-5-13(14(15)9-11)8-12(2)10-16-6-7-17-3/h4-5,8-9,16H,6-7,10H2,1-3H3/b12-8+. The number of halogens is 1. The third kappa shape index (κ3) is 5.48. The normalized spacial score (nSPS) is 11.9. The Morgan fingerprint density at radius 1 is 1.47 bits per heavy atom. The molecule has 0 heterocycles. The predicted molar refractivity (Wildman–Crippen MR) is 77.3 cm³/mol. The highest BCUT2D eigenvalue weighted by molar-refractivity contribution is 9.10. The van der Waals surface area contributed by atoms with Crippen LogP contribution in [0.2, 0.25) is 0 Å². The van der Waals surface area contributed by atoms with Crippen LogP contribution in [0.1, 0.15) is 18.1 Å². The van der Waals surface area contributed by atoms with E-state index in [1.54, 1.807) is 7.11 Å². The van der Waals surface area contributed by atoms with Crippen molar-refractivity contribution in [3.8, 4) is 0 Å². The Kier molecular flexibility index (Phi) is 6.48. The molecule has 0 aromatic heterocycles. The number of benzene rings is 1. The van der Waals surface area contributed by atoms with Gasteiger partial charge in [-0.25, -0.2) is 0 Å². The van der Waals surface area contributed by atoms with Crippen molar-refractivity contribution < 1.29 is 4.74 Å². The number of hydrogen-bond donors (Lipinski definition) is 1. The summed E-state index contributed by atoms with van der Waals surface area (Å²) in [6, 6.07) is 6.40. The molecule has 0 aliphatic heterocycles. The second-order valence-electron chi connectivity index (χ2n) is 4.19. The summed E-state index contributed by atoms with van der Waals surface area (Å²) in [5.41, 5.74) is 3.80.